The van der Waals surface area contributed by atoms with Crippen LogP contribution in [0.25, 0.3) is 0 Å². The monoisotopic (exact) mass is 544 g/mol. The third-order valence-electron chi connectivity index (χ3n) is 8.42. The summed E-state index contributed by atoms with van der Waals surface area (Å²) in [6.07, 6.45) is 5.18. The first-order valence-electron chi connectivity index (χ1n) is 14.2. The molecule has 10 heteroatoms. The zero-order chi connectivity index (χ0) is 27.4. The lowest BCUT2D eigenvalue weighted by Gasteiger charge is -2.37. The fourth-order valence-electron chi connectivity index (χ4n) is 6.62. The van der Waals surface area contributed by atoms with Crippen molar-refractivity contribution in [2.75, 3.05) is 13.9 Å². The van der Waals surface area contributed by atoms with Gasteiger partial charge in [0.15, 0.2) is 11.9 Å². The number of benzene rings is 1. The second-order valence-electron chi connectivity index (χ2n) is 11.1. The van der Waals surface area contributed by atoms with E-state index in [4.69, 9.17) is 23.7 Å². The first-order chi connectivity index (χ1) is 18.9. The molecular formula is C29H40N2O8. The summed E-state index contributed by atoms with van der Waals surface area (Å²) in [5.41, 5.74) is 0.548. The number of fused-ring (bicyclic) bond motifs is 1. The van der Waals surface area contributed by atoms with Crippen LogP contribution in [-0.4, -0.2) is 74.0 Å². The number of hydrogen-bond donors (Lipinski definition) is 2. The van der Waals surface area contributed by atoms with Gasteiger partial charge < -0.3 is 34.3 Å². The molecule has 1 saturated heterocycles. The van der Waals surface area contributed by atoms with Crippen molar-refractivity contribution in [1.82, 2.24) is 10.6 Å². The van der Waals surface area contributed by atoms with E-state index in [1.54, 1.807) is 12.1 Å². The van der Waals surface area contributed by atoms with Crippen molar-refractivity contribution in [3.05, 3.63) is 35.9 Å². The van der Waals surface area contributed by atoms with Gasteiger partial charge in [0.25, 0.3) is 5.91 Å². The standard InChI is InChI=1S/C29H40N2O8/c1-18(32)30-22-23(36-17-35-2)25-26(39-29(38-25)15-9-4-10-16-29)24(22)37-28(34)20-13-7-8-14-21(20)31-27(33)19-11-5-3-6-12-19/h3,5-6,11-12,20-26H,4,7-10,13-17H2,1-2H3,(H,30,32)(H,31,33)/t20-,21+,22-,23+,24-,25+,26-/m1/s1. The van der Waals surface area contributed by atoms with Gasteiger partial charge in [-0.1, -0.05) is 37.5 Å². The van der Waals surface area contributed by atoms with Crippen molar-refractivity contribution >= 4 is 17.8 Å². The highest BCUT2D eigenvalue weighted by Crippen LogP contribution is 2.47. The van der Waals surface area contributed by atoms with Crippen LogP contribution >= 0.6 is 0 Å². The van der Waals surface area contributed by atoms with Gasteiger partial charge >= 0.3 is 5.97 Å². The molecule has 1 aliphatic heterocycles. The number of carbonyl (C=O) groups excluding carboxylic acids is 3. The molecular weight excluding hydrogens is 504 g/mol. The fourth-order valence-corrected chi connectivity index (χ4v) is 6.62. The van der Waals surface area contributed by atoms with Crippen molar-refractivity contribution in [2.45, 2.75) is 107 Å². The Labute approximate surface area is 229 Å². The predicted molar refractivity (Wildman–Crippen MR) is 139 cm³/mol. The summed E-state index contributed by atoms with van der Waals surface area (Å²) in [6.45, 7) is 1.41. The molecule has 39 heavy (non-hydrogen) atoms. The quantitative estimate of drug-likeness (QED) is 0.379. The number of methoxy groups -OCH3 is 1. The largest absolute Gasteiger partial charge is 0.457 e. The molecule has 3 aliphatic carbocycles. The van der Waals surface area contributed by atoms with E-state index in [1.165, 1.54) is 14.0 Å². The van der Waals surface area contributed by atoms with Crippen LogP contribution in [0.3, 0.4) is 0 Å². The Balaban J connectivity index is 1.35. The van der Waals surface area contributed by atoms with Crippen LogP contribution in [0.5, 0.6) is 0 Å². The number of amides is 2. The van der Waals surface area contributed by atoms with E-state index in [1.807, 2.05) is 18.2 Å². The maximum atomic E-state index is 13.7. The molecule has 0 unspecified atom stereocenters. The summed E-state index contributed by atoms with van der Waals surface area (Å²) in [6, 6.07) is 7.96. The molecule has 0 bridgehead atoms. The summed E-state index contributed by atoms with van der Waals surface area (Å²) in [5.74, 6) is -2.13. The number of ether oxygens (including phenoxy) is 5. The number of nitrogens with one attached hydrogen (secondary N) is 2. The highest BCUT2D eigenvalue weighted by atomic mass is 16.8. The van der Waals surface area contributed by atoms with Crippen LogP contribution in [0, 0.1) is 5.92 Å². The van der Waals surface area contributed by atoms with Gasteiger partial charge in [-0.3, -0.25) is 14.4 Å². The third-order valence-corrected chi connectivity index (χ3v) is 8.42. The van der Waals surface area contributed by atoms with E-state index in [0.29, 0.717) is 18.4 Å². The van der Waals surface area contributed by atoms with E-state index < -0.39 is 48.1 Å². The van der Waals surface area contributed by atoms with Gasteiger partial charge in [-0.15, -0.1) is 0 Å². The Kier molecular flexibility index (Phi) is 8.86. The minimum absolute atomic E-state index is 0.00276. The molecule has 1 aromatic carbocycles. The van der Waals surface area contributed by atoms with Gasteiger partial charge in [0.2, 0.25) is 5.91 Å². The fraction of sp³-hybridized carbons (Fsp3) is 0.690. The molecule has 3 saturated carbocycles. The Morgan fingerprint density at radius 2 is 1.62 bits per heavy atom. The minimum Gasteiger partial charge on any atom is -0.457 e. The summed E-state index contributed by atoms with van der Waals surface area (Å²) < 4.78 is 30.4. The van der Waals surface area contributed by atoms with Crippen LogP contribution in [0.15, 0.2) is 30.3 Å². The molecule has 0 radical (unpaired) electrons. The lowest BCUT2D eigenvalue weighted by Crippen LogP contribution is -2.53. The summed E-state index contributed by atoms with van der Waals surface area (Å²) in [5, 5.41) is 5.97. The molecule has 214 valence electrons. The molecule has 4 fully saturated rings. The number of esters is 1. The van der Waals surface area contributed by atoms with E-state index in [2.05, 4.69) is 10.6 Å². The van der Waals surface area contributed by atoms with Crippen molar-refractivity contribution in [1.29, 1.82) is 0 Å². The van der Waals surface area contributed by atoms with Gasteiger partial charge in [-0.05, 0) is 37.8 Å². The molecule has 5 rings (SSSR count). The molecule has 1 spiro atoms. The Hall–Kier alpha value is -2.53. The highest BCUT2D eigenvalue weighted by Gasteiger charge is 2.64. The average molecular weight is 545 g/mol. The molecule has 2 N–H and O–H groups in total. The summed E-state index contributed by atoms with van der Waals surface area (Å²) in [7, 11) is 1.53. The topological polar surface area (TPSA) is 121 Å². The summed E-state index contributed by atoms with van der Waals surface area (Å²) >= 11 is 0. The maximum absolute atomic E-state index is 13.7. The molecule has 7 atom stereocenters. The second-order valence-corrected chi connectivity index (χ2v) is 11.1. The highest BCUT2D eigenvalue weighted by molar-refractivity contribution is 5.94. The normalized spacial score (nSPS) is 33.3. The first-order valence-corrected chi connectivity index (χ1v) is 14.2. The van der Waals surface area contributed by atoms with Crippen molar-refractivity contribution in [3.8, 4) is 0 Å². The maximum Gasteiger partial charge on any atom is 0.311 e. The lowest BCUT2D eigenvalue weighted by atomic mass is 9.84. The molecule has 10 nitrogen and oxygen atoms in total. The minimum atomic E-state index is -0.804. The van der Waals surface area contributed by atoms with Crippen LogP contribution in [0.1, 0.15) is 75.1 Å². The Bertz CT molecular complexity index is 1010. The third kappa shape index (κ3) is 6.14. The zero-order valence-corrected chi connectivity index (χ0v) is 22.8. The molecule has 1 aromatic rings. The lowest BCUT2D eigenvalue weighted by molar-refractivity contribution is -0.226. The molecule has 2 amide bonds. The number of rotatable bonds is 8. The smallest absolute Gasteiger partial charge is 0.311 e. The average Bonchev–Trinajstić information content (AvgIpc) is 3.41. The van der Waals surface area contributed by atoms with E-state index >= 15 is 0 Å². The van der Waals surface area contributed by atoms with E-state index in [-0.39, 0.29) is 24.6 Å². The van der Waals surface area contributed by atoms with E-state index in [9.17, 15) is 14.4 Å². The predicted octanol–water partition coefficient (Wildman–Crippen LogP) is 2.84. The van der Waals surface area contributed by atoms with Crippen LogP contribution in [-0.2, 0) is 33.3 Å². The summed E-state index contributed by atoms with van der Waals surface area (Å²) in [4.78, 5) is 38.8. The number of hydrogen-bond acceptors (Lipinski definition) is 8. The van der Waals surface area contributed by atoms with Crippen LogP contribution < -0.4 is 10.6 Å². The first kappa shape index (κ1) is 28.0. The Morgan fingerprint density at radius 1 is 0.923 bits per heavy atom. The van der Waals surface area contributed by atoms with E-state index in [0.717, 1.165) is 44.9 Å². The van der Waals surface area contributed by atoms with Gasteiger partial charge in [0.05, 0.1) is 12.0 Å². The van der Waals surface area contributed by atoms with Crippen LogP contribution in [0.2, 0.25) is 0 Å². The second kappa shape index (κ2) is 12.3. The van der Waals surface area contributed by atoms with Gasteiger partial charge in [-0.25, -0.2) is 0 Å². The zero-order valence-electron chi connectivity index (χ0n) is 22.8. The van der Waals surface area contributed by atoms with Gasteiger partial charge in [-0.2, -0.15) is 0 Å². The molecule has 1 heterocycles. The van der Waals surface area contributed by atoms with Crippen molar-refractivity contribution in [3.63, 3.8) is 0 Å². The van der Waals surface area contributed by atoms with Gasteiger partial charge in [0, 0.05) is 38.5 Å². The molecule has 4 aliphatic rings. The number of carbonyl (C=O) groups is 3. The van der Waals surface area contributed by atoms with Crippen molar-refractivity contribution in [2.24, 2.45) is 5.92 Å². The Morgan fingerprint density at radius 3 is 2.31 bits per heavy atom. The SMILES string of the molecule is COCO[C@H]1[C@@H](NC(C)=O)[C@@H](OC(=O)[C@@H]2CCCC[C@@H]2NC(=O)c2ccccc2)[C@H]2OC3(CCCCC3)O[C@H]21. The molecule has 0 aromatic heterocycles. The van der Waals surface area contributed by atoms with Crippen molar-refractivity contribution < 1.29 is 38.1 Å². The van der Waals surface area contributed by atoms with Gasteiger partial charge in [0.1, 0.15) is 25.1 Å². The van der Waals surface area contributed by atoms with Crippen LogP contribution in [0.4, 0.5) is 0 Å².